The molecule has 1 aliphatic rings. The first-order chi connectivity index (χ1) is 28.5. The van der Waals surface area contributed by atoms with E-state index in [9.17, 15) is 0 Å². The van der Waals surface area contributed by atoms with Gasteiger partial charge in [0.2, 0.25) is 0 Å². The van der Waals surface area contributed by atoms with E-state index in [-0.39, 0.29) is 5.41 Å². The minimum atomic E-state index is -0.157. The van der Waals surface area contributed by atoms with Gasteiger partial charge < -0.3 is 0 Å². The van der Waals surface area contributed by atoms with Crippen LogP contribution in [-0.2, 0) is 5.41 Å². The SMILES string of the molecule is CC1(C)c2cc3c4ccccc4c4ccccc4c3cc2-c2cc3c4ccccc4c4cc(-c5cccc(-c6cccc7c6sc6ccccc67)c5)ccc4c3cc21. The molecule has 0 nitrogen and oxygen atoms in total. The van der Waals surface area contributed by atoms with Crippen molar-refractivity contribution in [2.24, 2.45) is 0 Å². The third kappa shape index (κ3) is 4.34. The van der Waals surface area contributed by atoms with Crippen LogP contribution in [0.15, 0.2) is 182 Å². The molecule has 11 aromatic carbocycles. The summed E-state index contributed by atoms with van der Waals surface area (Å²) in [5, 5.41) is 18.5. The first-order valence-electron chi connectivity index (χ1n) is 20.3. The quantitative estimate of drug-likeness (QED) is 0.154. The standard InChI is InChI=1S/C57H36S/c1-57(2)53-31-49-40-18-6-4-16-38(40)37-15-3-5-17-39(37)47(49)29-51(53)52-30-48-42-20-8-7-19-41(42)46-28-34(25-26-43(46)50(48)32-54(52)57)33-13-11-14-35(27-33)36-22-12-23-45-44-21-9-10-24-55(44)58-56(36)45/h3-32H,1-2H3. The normalized spacial score (nSPS) is 13.5. The molecule has 0 aliphatic heterocycles. The Kier molecular flexibility index (Phi) is 6.48. The summed E-state index contributed by atoms with van der Waals surface area (Å²) in [7, 11) is 0. The monoisotopic (exact) mass is 752 g/mol. The van der Waals surface area contributed by atoms with Gasteiger partial charge in [0.15, 0.2) is 0 Å². The Balaban J connectivity index is 1.01. The number of fused-ring (bicyclic) bond motifs is 18. The van der Waals surface area contributed by atoms with E-state index in [1.165, 1.54) is 129 Å². The topological polar surface area (TPSA) is 0 Å². The van der Waals surface area contributed by atoms with Crippen LogP contribution in [0.5, 0.6) is 0 Å². The average molecular weight is 753 g/mol. The van der Waals surface area contributed by atoms with Crippen LogP contribution in [0.3, 0.4) is 0 Å². The smallest absolute Gasteiger partial charge is 0.0433 e. The first kappa shape index (κ1) is 32.3. The Morgan fingerprint density at radius 3 is 1.33 bits per heavy atom. The maximum atomic E-state index is 2.53. The molecule has 0 amide bonds. The van der Waals surface area contributed by atoms with Gasteiger partial charge in [-0.2, -0.15) is 0 Å². The van der Waals surface area contributed by atoms with Crippen molar-refractivity contribution in [3.63, 3.8) is 0 Å². The van der Waals surface area contributed by atoms with Gasteiger partial charge in [-0.15, -0.1) is 11.3 Å². The largest absolute Gasteiger partial charge is 0.135 e. The van der Waals surface area contributed by atoms with Crippen LogP contribution in [0, 0.1) is 0 Å². The minimum absolute atomic E-state index is 0.157. The van der Waals surface area contributed by atoms with Crippen molar-refractivity contribution in [2.45, 2.75) is 19.3 Å². The predicted octanol–water partition coefficient (Wildman–Crippen LogP) is 16.6. The lowest BCUT2D eigenvalue weighted by Gasteiger charge is -2.23. The second-order valence-corrected chi connectivity index (χ2v) is 17.8. The molecular weight excluding hydrogens is 717 g/mol. The Morgan fingerprint density at radius 1 is 0.293 bits per heavy atom. The number of thiophene rings is 1. The molecule has 1 aliphatic carbocycles. The van der Waals surface area contributed by atoms with Gasteiger partial charge in [0.25, 0.3) is 0 Å². The van der Waals surface area contributed by atoms with Gasteiger partial charge in [-0.1, -0.05) is 153 Å². The highest BCUT2D eigenvalue weighted by atomic mass is 32.1. The van der Waals surface area contributed by atoms with Crippen LogP contribution in [-0.4, -0.2) is 0 Å². The van der Waals surface area contributed by atoms with E-state index in [1.807, 2.05) is 11.3 Å². The van der Waals surface area contributed by atoms with Gasteiger partial charge in [-0.05, 0) is 152 Å². The molecule has 0 saturated heterocycles. The summed E-state index contributed by atoms with van der Waals surface area (Å²) in [4.78, 5) is 0. The fourth-order valence-corrected chi connectivity index (χ4v) is 11.8. The van der Waals surface area contributed by atoms with Crippen molar-refractivity contribution in [2.75, 3.05) is 0 Å². The molecule has 270 valence electrons. The zero-order valence-corrected chi connectivity index (χ0v) is 33.0. The van der Waals surface area contributed by atoms with E-state index < -0.39 is 0 Å². The van der Waals surface area contributed by atoms with E-state index >= 15 is 0 Å². The predicted molar refractivity (Wildman–Crippen MR) is 253 cm³/mol. The Labute approximate surface area is 340 Å². The summed E-state index contributed by atoms with van der Waals surface area (Å²) in [6.07, 6.45) is 0. The summed E-state index contributed by atoms with van der Waals surface area (Å²) in [6.45, 7) is 4.85. The number of rotatable bonds is 2. The van der Waals surface area contributed by atoms with E-state index in [2.05, 4.69) is 196 Å². The molecule has 0 N–H and O–H groups in total. The Hall–Kier alpha value is -6.80. The Bertz CT molecular complexity index is 3760. The second kappa shape index (κ2) is 11.6. The number of benzene rings is 11. The van der Waals surface area contributed by atoms with Crippen LogP contribution in [0.2, 0.25) is 0 Å². The molecule has 0 unspecified atom stereocenters. The summed E-state index contributed by atoms with van der Waals surface area (Å²) >= 11 is 1.89. The summed E-state index contributed by atoms with van der Waals surface area (Å²) in [5.41, 5.74) is 10.4. The highest BCUT2D eigenvalue weighted by Gasteiger charge is 2.37. The van der Waals surface area contributed by atoms with E-state index in [4.69, 9.17) is 0 Å². The summed E-state index contributed by atoms with van der Waals surface area (Å²) in [5.74, 6) is 0. The fourth-order valence-electron chi connectivity index (χ4n) is 10.6. The molecular formula is C57H36S. The molecule has 12 aromatic rings. The van der Waals surface area contributed by atoms with Crippen molar-refractivity contribution in [1.29, 1.82) is 0 Å². The van der Waals surface area contributed by atoms with Gasteiger partial charge >= 0.3 is 0 Å². The fraction of sp³-hybridized carbons (Fsp3) is 0.0526. The maximum Gasteiger partial charge on any atom is 0.0433 e. The van der Waals surface area contributed by atoms with Crippen LogP contribution in [0.4, 0.5) is 0 Å². The zero-order valence-electron chi connectivity index (χ0n) is 32.2. The van der Waals surface area contributed by atoms with E-state index in [1.54, 1.807) is 0 Å². The molecule has 0 bridgehead atoms. The third-order valence-corrected chi connectivity index (χ3v) is 14.6. The average Bonchev–Trinajstić information content (AvgIpc) is 3.76. The molecule has 1 heteroatoms. The third-order valence-electron chi connectivity index (χ3n) is 13.4. The second-order valence-electron chi connectivity index (χ2n) is 16.8. The number of hydrogen-bond donors (Lipinski definition) is 0. The molecule has 13 rings (SSSR count). The van der Waals surface area contributed by atoms with E-state index in [0.29, 0.717) is 0 Å². The van der Waals surface area contributed by atoms with Crippen molar-refractivity contribution >= 4 is 96.1 Å². The van der Waals surface area contributed by atoms with Crippen LogP contribution in [0.25, 0.3) is 118 Å². The van der Waals surface area contributed by atoms with Gasteiger partial charge in [0.1, 0.15) is 0 Å². The van der Waals surface area contributed by atoms with Crippen molar-refractivity contribution in [3.8, 4) is 33.4 Å². The van der Waals surface area contributed by atoms with Crippen molar-refractivity contribution in [3.05, 3.63) is 193 Å². The van der Waals surface area contributed by atoms with Gasteiger partial charge in [0.05, 0.1) is 0 Å². The highest BCUT2D eigenvalue weighted by Crippen LogP contribution is 2.54. The Morgan fingerprint density at radius 2 is 0.724 bits per heavy atom. The van der Waals surface area contributed by atoms with Crippen LogP contribution in [0.1, 0.15) is 25.0 Å². The summed E-state index contributed by atoms with van der Waals surface area (Å²) < 4.78 is 2.69. The van der Waals surface area contributed by atoms with Crippen LogP contribution >= 0.6 is 11.3 Å². The first-order valence-corrected chi connectivity index (χ1v) is 21.1. The van der Waals surface area contributed by atoms with Gasteiger partial charge in [0, 0.05) is 25.6 Å². The van der Waals surface area contributed by atoms with Gasteiger partial charge in [-0.3, -0.25) is 0 Å². The van der Waals surface area contributed by atoms with E-state index in [0.717, 1.165) is 0 Å². The highest BCUT2D eigenvalue weighted by molar-refractivity contribution is 7.26. The van der Waals surface area contributed by atoms with Crippen molar-refractivity contribution < 1.29 is 0 Å². The lowest BCUT2D eigenvalue weighted by molar-refractivity contribution is 0.662. The molecule has 0 saturated carbocycles. The zero-order chi connectivity index (χ0) is 38.3. The molecule has 1 heterocycles. The lowest BCUT2D eigenvalue weighted by atomic mass is 9.80. The molecule has 0 atom stereocenters. The number of hydrogen-bond acceptors (Lipinski definition) is 1. The van der Waals surface area contributed by atoms with Gasteiger partial charge in [-0.25, -0.2) is 0 Å². The molecule has 1 aromatic heterocycles. The molecule has 0 radical (unpaired) electrons. The summed E-state index contributed by atoms with van der Waals surface area (Å²) in [6, 6.07) is 68.8. The minimum Gasteiger partial charge on any atom is -0.135 e. The van der Waals surface area contributed by atoms with Crippen molar-refractivity contribution in [1.82, 2.24) is 0 Å². The molecule has 0 fully saturated rings. The molecule has 0 spiro atoms. The van der Waals surface area contributed by atoms with Crippen LogP contribution < -0.4 is 0 Å². The maximum absolute atomic E-state index is 2.53. The lowest BCUT2D eigenvalue weighted by Crippen LogP contribution is -2.15. The molecule has 58 heavy (non-hydrogen) atoms.